The molecule has 0 bridgehead atoms. The fourth-order valence-electron chi connectivity index (χ4n) is 6.44. The number of fused-ring (bicyclic) bond motifs is 1. The molecule has 1 atom stereocenters. The minimum atomic E-state index is -3.12. The Kier molecular flexibility index (Phi) is 8.49. The number of piperidine rings is 1. The van der Waals surface area contributed by atoms with Crippen LogP contribution in [0.4, 0.5) is 0 Å². The lowest BCUT2D eigenvalue weighted by Gasteiger charge is -2.39. The highest BCUT2D eigenvalue weighted by molar-refractivity contribution is 7.88. The Labute approximate surface area is 218 Å². The van der Waals surface area contributed by atoms with Crippen LogP contribution in [0.15, 0.2) is 18.2 Å². The summed E-state index contributed by atoms with van der Waals surface area (Å²) < 4.78 is 30.7. The Morgan fingerprint density at radius 3 is 2.39 bits per heavy atom. The number of amides is 1. The van der Waals surface area contributed by atoms with Crippen LogP contribution in [0.3, 0.4) is 0 Å². The SMILES string of the molecule is COC1(C)CCC(CN2Cc3cc(C(=O)NCC4CCN(S(C)(=O)=O)CC4)ccc3[C@@H]2C(C)C)CC1. The van der Waals surface area contributed by atoms with Crippen LogP contribution in [0.25, 0.3) is 0 Å². The zero-order chi connectivity index (χ0) is 26.1. The van der Waals surface area contributed by atoms with Crippen molar-refractivity contribution in [1.29, 1.82) is 0 Å². The Morgan fingerprint density at radius 1 is 1.14 bits per heavy atom. The summed E-state index contributed by atoms with van der Waals surface area (Å²) in [6, 6.07) is 6.63. The average Bonchev–Trinajstić information content (AvgIpc) is 3.21. The minimum absolute atomic E-state index is 0.0333. The van der Waals surface area contributed by atoms with Gasteiger partial charge in [-0.15, -0.1) is 0 Å². The maximum absolute atomic E-state index is 13.0. The fourth-order valence-corrected chi connectivity index (χ4v) is 7.31. The number of rotatable bonds is 8. The van der Waals surface area contributed by atoms with Gasteiger partial charge < -0.3 is 10.1 Å². The van der Waals surface area contributed by atoms with Crippen LogP contribution in [0.5, 0.6) is 0 Å². The molecule has 0 unspecified atom stereocenters. The third kappa shape index (κ3) is 6.32. The molecule has 1 aromatic rings. The quantitative estimate of drug-likeness (QED) is 0.557. The van der Waals surface area contributed by atoms with Crippen molar-refractivity contribution in [2.75, 3.05) is 39.5 Å². The molecular formula is C28H45N3O4S. The van der Waals surface area contributed by atoms with Gasteiger partial charge in [0, 0.05) is 51.4 Å². The summed E-state index contributed by atoms with van der Waals surface area (Å²) >= 11 is 0. The zero-order valence-electron chi connectivity index (χ0n) is 22.8. The van der Waals surface area contributed by atoms with Gasteiger partial charge in [0.2, 0.25) is 10.0 Å². The molecule has 202 valence electrons. The van der Waals surface area contributed by atoms with E-state index in [2.05, 4.69) is 43.1 Å². The molecule has 36 heavy (non-hydrogen) atoms. The number of ether oxygens (including phenoxy) is 1. The number of methoxy groups -OCH3 is 1. The third-order valence-electron chi connectivity index (χ3n) is 8.86. The van der Waals surface area contributed by atoms with Gasteiger partial charge in [-0.3, -0.25) is 9.69 Å². The Bertz CT molecular complexity index is 1030. The molecule has 2 heterocycles. The summed E-state index contributed by atoms with van der Waals surface area (Å²) in [6.07, 6.45) is 7.50. The van der Waals surface area contributed by atoms with Crippen LogP contribution in [-0.4, -0.2) is 68.7 Å². The van der Waals surface area contributed by atoms with Crippen LogP contribution in [-0.2, 0) is 21.3 Å². The molecule has 1 saturated carbocycles. The fraction of sp³-hybridized carbons (Fsp3) is 0.750. The van der Waals surface area contributed by atoms with Gasteiger partial charge in [-0.2, -0.15) is 0 Å². The van der Waals surface area contributed by atoms with Crippen LogP contribution >= 0.6 is 0 Å². The number of benzene rings is 1. The summed E-state index contributed by atoms with van der Waals surface area (Å²) in [5, 5.41) is 3.11. The van der Waals surface area contributed by atoms with Gasteiger partial charge in [-0.05, 0) is 86.5 Å². The van der Waals surface area contributed by atoms with E-state index >= 15 is 0 Å². The molecule has 0 radical (unpaired) electrons. The van der Waals surface area contributed by atoms with Gasteiger partial charge >= 0.3 is 0 Å². The standard InChI is InChI=1S/C28H45N3O4S/c1-20(2)26-25-7-6-23(27(32)29-17-21-10-14-31(15-11-21)36(5,33)34)16-24(25)19-30(26)18-22-8-12-28(3,35-4)13-9-22/h6-7,16,20-22,26H,8-15,17-19H2,1-5H3,(H,29,32)/t22?,26-,28?/m0/s1. The van der Waals surface area contributed by atoms with Gasteiger partial charge in [0.25, 0.3) is 5.91 Å². The van der Waals surface area contributed by atoms with Crippen molar-refractivity contribution in [3.8, 4) is 0 Å². The zero-order valence-corrected chi connectivity index (χ0v) is 23.6. The van der Waals surface area contributed by atoms with Gasteiger partial charge in [-0.25, -0.2) is 12.7 Å². The number of carbonyl (C=O) groups excluding carboxylic acids is 1. The van der Waals surface area contributed by atoms with E-state index in [1.165, 1.54) is 34.5 Å². The molecule has 4 rings (SSSR count). The first-order valence-corrected chi connectivity index (χ1v) is 15.5. The van der Waals surface area contributed by atoms with Gasteiger partial charge in [-0.1, -0.05) is 19.9 Å². The molecule has 2 fully saturated rings. The van der Waals surface area contributed by atoms with E-state index in [0.717, 1.165) is 44.3 Å². The van der Waals surface area contributed by atoms with Gasteiger partial charge in [0.15, 0.2) is 0 Å². The minimum Gasteiger partial charge on any atom is -0.379 e. The number of nitrogens with zero attached hydrogens (tertiary/aromatic N) is 2. The number of sulfonamides is 1. The molecule has 7 nitrogen and oxygen atoms in total. The molecule has 2 aliphatic heterocycles. The molecule has 0 spiro atoms. The van der Waals surface area contributed by atoms with E-state index in [1.54, 1.807) is 0 Å². The number of nitrogens with one attached hydrogen (secondary N) is 1. The second-order valence-electron chi connectivity index (χ2n) is 11.9. The summed E-state index contributed by atoms with van der Waals surface area (Å²) in [5.41, 5.74) is 3.40. The molecule has 8 heteroatoms. The van der Waals surface area contributed by atoms with E-state index in [9.17, 15) is 13.2 Å². The molecule has 0 aromatic heterocycles. The highest BCUT2D eigenvalue weighted by atomic mass is 32.2. The molecule has 1 saturated heterocycles. The Morgan fingerprint density at radius 2 is 1.81 bits per heavy atom. The van der Waals surface area contributed by atoms with Crippen molar-refractivity contribution in [3.05, 3.63) is 34.9 Å². The molecule has 1 aromatic carbocycles. The van der Waals surface area contributed by atoms with Crippen molar-refractivity contribution in [2.24, 2.45) is 17.8 Å². The van der Waals surface area contributed by atoms with Crippen LogP contribution < -0.4 is 5.32 Å². The Balaban J connectivity index is 1.34. The van der Waals surface area contributed by atoms with Crippen LogP contribution in [0, 0.1) is 17.8 Å². The highest BCUT2D eigenvalue weighted by Gasteiger charge is 2.37. The second-order valence-corrected chi connectivity index (χ2v) is 13.9. The predicted octanol–water partition coefficient (Wildman–Crippen LogP) is 4.20. The van der Waals surface area contributed by atoms with E-state index < -0.39 is 10.0 Å². The largest absolute Gasteiger partial charge is 0.379 e. The van der Waals surface area contributed by atoms with E-state index in [4.69, 9.17) is 4.74 Å². The van der Waals surface area contributed by atoms with Gasteiger partial charge in [0.1, 0.15) is 0 Å². The second kappa shape index (κ2) is 11.1. The lowest BCUT2D eigenvalue weighted by Crippen LogP contribution is -2.41. The first kappa shape index (κ1) is 27.6. The first-order valence-electron chi connectivity index (χ1n) is 13.6. The third-order valence-corrected chi connectivity index (χ3v) is 10.2. The molecule has 1 amide bonds. The summed E-state index contributed by atoms with van der Waals surface area (Å²) in [4.78, 5) is 15.6. The van der Waals surface area contributed by atoms with Crippen molar-refractivity contribution in [3.63, 3.8) is 0 Å². The lowest BCUT2D eigenvalue weighted by atomic mass is 9.79. The van der Waals surface area contributed by atoms with E-state index in [1.807, 2.05) is 13.2 Å². The first-order chi connectivity index (χ1) is 17.0. The molecule has 1 N–H and O–H groups in total. The van der Waals surface area contributed by atoms with E-state index in [0.29, 0.717) is 43.4 Å². The number of hydrogen-bond donors (Lipinski definition) is 1. The van der Waals surface area contributed by atoms with Crippen molar-refractivity contribution in [1.82, 2.24) is 14.5 Å². The molecular weight excluding hydrogens is 474 g/mol. The Hall–Kier alpha value is -1.48. The van der Waals surface area contributed by atoms with Crippen molar-refractivity contribution < 1.29 is 17.9 Å². The maximum Gasteiger partial charge on any atom is 0.251 e. The summed E-state index contributed by atoms with van der Waals surface area (Å²) in [6.45, 7) is 10.5. The number of carbonyl (C=O) groups is 1. The van der Waals surface area contributed by atoms with E-state index in [-0.39, 0.29) is 11.5 Å². The molecule has 1 aliphatic carbocycles. The summed E-state index contributed by atoms with van der Waals surface area (Å²) in [7, 11) is -1.29. The highest BCUT2D eigenvalue weighted by Crippen LogP contribution is 2.42. The van der Waals surface area contributed by atoms with Crippen molar-refractivity contribution >= 4 is 15.9 Å². The monoisotopic (exact) mass is 519 g/mol. The van der Waals surface area contributed by atoms with Crippen molar-refractivity contribution in [2.45, 2.75) is 77.5 Å². The lowest BCUT2D eigenvalue weighted by molar-refractivity contribution is -0.0385. The average molecular weight is 520 g/mol. The number of hydrogen-bond acceptors (Lipinski definition) is 5. The maximum atomic E-state index is 13.0. The summed E-state index contributed by atoms with van der Waals surface area (Å²) in [5.74, 6) is 1.49. The van der Waals surface area contributed by atoms with Crippen LogP contribution in [0.1, 0.15) is 86.8 Å². The molecule has 3 aliphatic rings. The van der Waals surface area contributed by atoms with Gasteiger partial charge in [0.05, 0.1) is 11.9 Å². The predicted molar refractivity (Wildman–Crippen MR) is 143 cm³/mol. The smallest absolute Gasteiger partial charge is 0.251 e. The van der Waals surface area contributed by atoms with Crippen LogP contribution in [0.2, 0.25) is 0 Å². The normalized spacial score (nSPS) is 28.4. The topological polar surface area (TPSA) is 79.0 Å².